The number of hydrogen-bond acceptors (Lipinski definition) is 8. The summed E-state index contributed by atoms with van der Waals surface area (Å²) in [4.78, 5) is 25.7. The van der Waals surface area contributed by atoms with E-state index >= 15 is 0 Å². The van der Waals surface area contributed by atoms with Gasteiger partial charge in [-0.1, -0.05) is 23.4 Å². The van der Waals surface area contributed by atoms with Crippen molar-refractivity contribution in [3.05, 3.63) is 29.3 Å². The first-order valence-electron chi connectivity index (χ1n) is 7.76. The number of halogens is 1. The van der Waals surface area contributed by atoms with Gasteiger partial charge in [0.2, 0.25) is 11.8 Å². The van der Waals surface area contributed by atoms with E-state index in [2.05, 4.69) is 10.2 Å². The zero-order valence-corrected chi connectivity index (χ0v) is 16.3. The molecule has 138 valence electrons. The Hall–Kier alpha value is -1.71. The van der Waals surface area contributed by atoms with Gasteiger partial charge in [-0.05, 0) is 24.3 Å². The van der Waals surface area contributed by atoms with Gasteiger partial charge in [0.05, 0.1) is 12.9 Å². The molecule has 2 heterocycles. The molecule has 0 radical (unpaired) electrons. The minimum absolute atomic E-state index is 0.0737. The molecule has 1 aliphatic heterocycles. The van der Waals surface area contributed by atoms with Crippen molar-refractivity contribution < 1.29 is 18.7 Å². The average molecular weight is 414 g/mol. The molecule has 0 spiro atoms. The number of thioether (sulfide) groups is 2. The second kappa shape index (κ2) is 8.79. The molecule has 0 N–H and O–H groups in total. The predicted octanol–water partition coefficient (Wildman–Crippen LogP) is 2.60. The van der Waals surface area contributed by atoms with Gasteiger partial charge in [0.15, 0.2) is 0 Å². The van der Waals surface area contributed by atoms with Gasteiger partial charge in [0.25, 0.3) is 5.22 Å². The monoisotopic (exact) mass is 413 g/mol. The number of aromatic nitrogens is 2. The molecule has 26 heavy (non-hydrogen) atoms. The number of benzene rings is 1. The number of amides is 1. The molecular weight excluding hydrogens is 398 g/mol. The fourth-order valence-corrected chi connectivity index (χ4v) is 4.26. The molecule has 1 amide bonds. The van der Waals surface area contributed by atoms with Crippen LogP contribution in [0.1, 0.15) is 0 Å². The van der Waals surface area contributed by atoms with Gasteiger partial charge >= 0.3 is 5.97 Å². The summed E-state index contributed by atoms with van der Waals surface area (Å²) in [6.45, 7) is 0.966. The molecule has 2 aromatic rings. The third-order valence-corrected chi connectivity index (χ3v) is 5.92. The molecule has 3 rings (SSSR count). The SMILES string of the molecule is COC(=O)[C@H]1CN(C(=O)CSc2nnc(-c3ccc(Cl)cc3)o2)CCS1. The lowest BCUT2D eigenvalue weighted by molar-refractivity contribution is -0.141. The number of nitrogens with zero attached hydrogens (tertiary/aromatic N) is 3. The number of carbonyl (C=O) groups is 2. The minimum atomic E-state index is -0.331. The summed E-state index contributed by atoms with van der Waals surface area (Å²) in [6.07, 6.45) is 0. The van der Waals surface area contributed by atoms with Gasteiger partial charge in [-0.25, -0.2) is 0 Å². The highest BCUT2D eigenvalue weighted by atomic mass is 35.5. The van der Waals surface area contributed by atoms with Crippen LogP contribution in [0.4, 0.5) is 0 Å². The van der Waals surface area contributed by atoms with E-state index in [0.717, 1.165) is 5.56 Å². The third kappa shape index (κ3) is 4.72. The van der Waals surface area contributed by atoms with Gasteiger partial charge < -0.3 is 14.1 Å². The highest BCUT2D eigenvalue weighted by Crippen LogP contribution is 2.25. The van der Waals surface area contributed by atoms with E-state index in [1.54, 1.807) is 29.2 Å². The summed E-state index contributed by atoms with van der Waals surface area (Å²) in [7, 11) is 1.35. The second-order valence-electron chi connectivity index (χ2n) is 5.39. The van der Waals surface area contributed by atoms with Gasteiger partial charge in [-0.15, -0.1) is 22.0 Å². The molecule has 0 saturated carbocycles. The molecule has 10 heteroatoms. The summed E-state index contributed by atoms with van der Waals surface area (Å²) in [6, 6.07) is 7.05. The largest absolute Gasteiger partial charge is 0.468 e. The number of esters is 1. The predicted molar refractivity (Wildman–Crippen MR) is 100 cm³/mol. The maximum atomic E-state index is 12.4. The van der Waals surface area contributed by atoms with E-state index in [1.165, 1.54) is 30.6 Å². The number of methoxy groups -OCH3 is 1. The van der Waals surface area contributed by atoms with Crippen LogP contribution in [0.2, 0.25) is 5.02 Å². The maximum absolute atomic E-state index is 12.4. The molecule has 1 fully saturated rings. The Morgan fingerprint density at radius 2 is 2.15 bits per heavy atom. The second-order valence-corrected chi connectivity index (χ2v) is 8.06. The van der Waals surface area contributed by atoms with Crippen LogP contribution in [0.3, 0.4) is 0 Å². The molecule has 1 saturated heterocycles. The Kier molecular flexibility index (Phi) is 6.44. The van der Waals surface area contributed by atoms with Crippen molar-refractivity contribution in [3.63, 3.8) is 0 Å². The zero-order valence-electron chi connectivity index (χ0n) is 13.9. The van der Waals surface area contributed by atoms with Crippen molar-refractivity contribution >= 4 is 47.0 Å². The van der Waals surface area contributed by atoms with Gasteiger partial charge in [-0.3, -0.25) is 9.59 Å². The van der Waals surface area contributed by atoms with E-state index in [4.69, 9.17) is 20.8 Å². The molecule has 1 aromatic heterocycles. The molecule has 7 nitrogen and oxygen atoms in total. The Labute approximate surface area is 163 Å². The van der Waals surface area contributed by atoms with Gasteiger partial charge in [0.1, 0.15) is 5.25 Å². The first-order chi connectivity index (χ1) is 12.6. The van der Waals surface area contributed by atoms with Gasteiger partial charge in [-0.2, -0.15) is 0 Å². The van der Waals surface area contributed by atoms with E-state index in [0.29, 0.717) is 35.0 Å². The maximum Gasteiger partial charge on any atom is 0.320 e. The number of ether oxygens (including phenoxy) is 1. The fraction of sp³-hybridized carbons (Fsp3) is 0.375. The molecule has 1 aliphatic rings. The lowest BCUT2D eigenvalue weighted by Gasteiger charge is -2.30. The number of rotatable bonds is 5. The summed E-state index contributed by atoms with van der Waals surface area (Å²) in [5.74, 6) is 0.870. The molecular formula is C16H16ClN3O4S2. The summed E-state index contributed by atoms with van der Waals surface area (Å²) in [5, 5.41) is 8.55. The van der Waals surface area contributed by atoms with Gasteiger partial charge in [0, 0.05) is 29.4 Å². The third-order valence-electron chi connectivity index (χ3n) is 3.70. The van der Waals surface area contributed by atoms with Crippen molar-refractivity contribution in [2.45, 2.75) is 10.5 Å². The molecule has 1 atom stereocenters. The van der Waals surface area contributed by atoms with Crippen LogP contribution < -0.4 is 0 Å². The lowest BCUT2D eigenvalue weighted by atomic mass is 10.2. The standard InChI is InChI=1S/C16H16ClN3O4S2/c1-23-15(22)12-8-20(6-7-25-12)13(21)9-26-16-19-18-14(24-16)10-2-4-11(17)5-3-10/h2-5,12H,6-9H2,1H3/t12-/m1/s1. The van der Waals surface area contributed by atoms with Crippen molar-refractivity contribution in [2.24, 2.45) is 0 Å². The van der Waals surface area contributed by atoms with E-state index in [1.807, 2.05) is 0 Å². The highest BCUT2D eigenvalue weighted by Gasteiger charge is 2.29. The molecule has 0 unspecified atom stereocenters. The van der Waals surface area contributed by atoms with Crippen molar-refractivity contribution in [2.75, 3.05) is 31.7 Å². The summed E-state index contributed by atoms with van der Waals surface area (Å²) in [5.41, 5.74) is 0.758. The lowest BCUT2D eigenvalue weighted by Crippen LogP contribution is -2.45. The smallest absolute Gasteiger partial charge is 0.320 e. The van der Waals surface area contributed by atoms with Crippen LogP contribution >= 0.6 is 35.1 Å². The van der Waals surface area contributed by atoms with Crippen molar-refractivity contribution in [1.29, 1.82) is 0 Å². The number of carbonyl (C=O) groups excluding carboxylic acids is 2. The van der Waals surface area contributed by atoms with Crippen LogP contribution in [-0.4, -0.2) is 63.9 Å². The first-order valence-corrected chi connectivity index (χ1v) is 10.2. The molecule has 0 aliphatic carbocycles. The minimum Gasteiger partial charge on any atom is -0.468 e. The molecule has 0 bridgehead atoms. The molecule has 1 aromatic carbocycles. The van der Waals surface area contributed by atoms with Crippen molar-refractivity contribution in [1.82, 2.24) is 15.1 Å². The van der Waals surface area contributed by atoms with Crippen LogP contribution in [0, 0.1) is 0 Å². The van der Waals surface area contributed by atoms with E-state index in [-0.39, 0.29) is 22.9 Å². The Morgan fingerprint density at radius 1 is 1.38 bits per heavy atom. The van der Waals surface area contributed by atoms with Crippen LogP contribution in [0.25, 0.3) is 11.5 Å². The van der Waals surface area contributed by atoms with Crippen LogP contribution in [0.5, 0.6) is 0 Å². The average Bonchev–Trinajstić information content (AvgIpc) is 3.15. The normalized spacial score (nSPS) is 17.2. The Morgan fingerprint density at radius 3 is 2.88 bits per heavy atom. The van der Waals surface area contributed by atoms with E-state index in [9.17, 15) is 9.59 Å². The summed E-state index contributed by atoms with van der Waals surface area (Å²) >= 11 is 8.54. The first kappa shape index (κ1) is 19.1. The topological polar surface area (TPSA) is 85.5 Å². The fourth-order valence-electron chi connectivity index (χ4n) is 2.34. The Bertz CT molecular complexity index is 784. The highest BCUT2D eigenvalue weighted by molar-refractivity contribution is 8.00. The van der Waals surface area contributed by atoms with Crippen LogP contribution in [-0.2, 0) is 14.3 Å². The Balaban J connectivity index is 1.55. The summed E-state index contributed by atoms with van der Waals surface area (Å²) < 4.78 is 10.3. The van der Waals surface area contributed by atoms with Crippen LogP contribution in [0.15, 0.2) is 33.9 Å². The van der Waals surface area contributed by atoms with Crippen molar-refractivity contribution in [3.8, 4) is 11.5 Å². The number of hydrogen-bond donors (Lipinski definition) is 0. The quantitative estimate of drug-likeness (QED) is 0.546. The zero-order chi connectivity index (χ0) is 18.5. The van der Waals surface area contributed by atoms with E-state index < -0.39 is 0 Å².